The Morgan fingerprint density at radius 2 is 1.78 bits per heavy atom. The van der Waals surface area contributed by atoms with E-state index in [9.17, 15) is 9.90 Å². The Kier molecular flexibility index (Phi) is 4.80. The van der Waals surface area contributed by atoms with Crippen LogP contribution in [0, 0.1) is 5.92 Å². The fourth-order valence-corrected chi connectivity index (χ4v) is 2.79. The lowest BCUT2D eigenvalue weighted by atomic mass is 9.86. The smallest absolute Gasteiger partial charge is 0.140 e. The van der Waals surface area contributed by atoms with Crippen molar-refractivity contribution in [2.24, 2.45) is 5.92 Å². The van der Waals surface area contributed by atoms with E-state index in [-0.39, 0.29) is 11.7 Å². The van der Waals surface area contributed by atoms with Gasteiger partial charge in [0, 0.05) is 12.3 Å². The minimum atomic E-state index is 0.243. The van der Waals surface area contributed by atoms with Crippen molar-refractivity contribution in [3.05, 3.63) is 29.8 Å². The first-order chi connectivity index (χ1) is 8.75. The number of hydrogen-bond donors (Lipinski definition) is 1. The van der Waals surface area contributed by atoms with E-state index < -0.39 is 0 Å². The molecule has 1 aromatic rings. The van der Waals surface area contributed by atoms with Gasteiger partial charge in [0.2, 0.25) is 0 Å². The maximum atomic E-state index is 12.3. The third-order valence-corrected chi connectivity index (χ3v) is 3.85. The van der Waals surface area contributed by atoms with Crippen molar-refractivity contribution in [1.82, 2.24) is 0 Å². The van der Waals surface area contributed by atoms with Crippen LogP contribution in [0.15, 0.2) is 24.3 Å². The number of Topliss-reactive ketones (excluding diaryl/α,β-unsaturated/α-hetero) is 1. The van der Waals surface area contributed by atoms with Crippen LogP contribution >= 0.6 is 0 Å². The SMILES string of the molecule is O=C(Cc1cccc(O)c1)C1CCCCCCC1. The molecule has 1 aliphatic carbocycles. The summed E-state index contributed by atoms with van der Waals surface area (Å²) in [6, 6.07) is 7.06. The summed E-state index contributed by atoms with van der Waals surface area (Å²) < 4.78 is 0. The molecule has 2 heteroatoms. The standard InChI is InChI=1S/C16H22O2/c17-15-10-6-7-13(11-15)12-16(18)14-8-4-2-1-3-5-9-14/h6-7,10-11,14,17H,1-5,8-9,12H2. The van der Waals surface area contributed by atoms with Crippen LogP contribution in [-0.4, -0.2) is 10.9 Å². The first kappa shape index (κ1) is 13.1. The molecular weight excluding hydrogens is 224 g/mol. The fourth-order valence-electron chi connectivity index (χ4n) is 2.79. The quantitative estimate of drug-likeness (QED) is 0.879. The average Bonchev–Trinajstić information content (AvgIpc) is 2.28. The molecule has 1 aromatic carbocycles. The van der Waals surface area contributed by atoms with E-state index in [0.717, 1.165) is 18.4 Å². The summed E-state index contributed by atoms with van der Waals surface area (Å²) >= 11 is 0. The van der Waals surface area contributed by atoms with Gasteiger partial charge in [0.15, 0.2) is 0 Å². The van der Waals surface area contributed by atoms with E-state index in [4.69, 9.17) is 0 Å². The van der Waals surface area contributed by atoms with Gasteiger partial charge in [-0.25, -0.2) is 0 Å². The van der Waals surface area contributed by atoms with Crippen LogP contribution in [-0.2, 0) is 11.2 Å². The van der Waals surface area contributed by atoms with Crippen molar-refractivity contribution in [2.45, 2.75) is 51.4 Å². The Labute approximate surface area is 109 Å². The van der Waals surface area contributed by atoms with Crippen LogP contribution in [0.25, 0.3) is 0 Å². The first-order valence-electron chi connectivity index (χ1n) is 7.06. The molecule has 0 saturated heterocycles. The maximum absolute atomic E-state index is 12.3. The fraction of sp³-hybridized carbons (Fsp3) is 0.562. The van der Waals surface area contributed by atoms with Gasteiger partial charge in [-0.2, -0.15) is 0 Å². The second-order valence-corrected chi connectivity index (χ2v) is 5.36. The molecule has 0 radical (unpaired) electrons. The number of carbonyl (C=O) groups excluding carboxylic acids is 1. The number of carbonyl (C=O) groups is 1. The highest BCUT2D eigenvalue weighted by Gasteiger charge is 2.19. The number of ketones is 1. The highest BCUT2D eigenvalue weighted by molar-refractivity contribution is 5.83. The van der Waals surface area contributed by atoms with E-state index in [1.54, 1.807) is 18.2 Å². The third kappa shape index (κ3) is 3.86. The monoisotopic (exact) mass is 246 g/mol. The highest BCUT2D eigenvalue weighted by Crippen LogP contribution is 2.24. The van der Waals surface area contributed by atoms with Gasteiger partial charge in [0.25, 0.3) is 0 Å². The number of benzene rings is 1. The molecule has 0 atom stereocenters. The third-order valence-electron chi connectivity index (χ3n) is 3.85. The van der Waals surface area contributed by atoms with Crippen molar-refractivity contribution >= 4 is 5.78 Å². The van der Waals surface area contributed by atoms with Crippen molar-refractivity contribution in [3.8, 4) is 5.75 Å². The van der Waals surface area contributed by atoms with Crippen molar-refractivity contribution in [2.75, 3.05) is 0 Å². The summed E-state index contributed by atoms with van der Waals surface area (Å²) in [5.41, 5.74) is 0.932. The lowest BCUT2D eigenvalue weighted by molar-refractivity contribution is -0.122. The molecule has 0 amide bonds. The summed E-state index contributed by atoms with van der Waals surface area (Å²) in [5.74, 6) is 0.841. The molecule has 0 heterocycles. The van der Waals surface area contributed by atoms with Gasteiger partial charge in [-0.1, -0.05) is 44.2 Å². The second kappa shape index (κ2) is 6.58. The van der Waals surface area contributed by atoms with Crippen molar-refractivity contribution < 1.29 is 9.90 Å². The van der Waals surface area contributed by atoms with Crippen LogP contribution in [0.4, 0.5) is 0 Å². The van der Waals surface area contributed by atoms with Crippen LogP contribution in [0.5, 0.6) is 5.75 Å². The molecule has 98 valence electrons. The number of rotatable bonds is 3. The number of phenolic OH excluding ortho intramolecular Hbond substituents is 1. The Balaban J connectivity index is 1.93. The molecule has 2 rings (SSSR count). The zero-order chi connectivity index (χ0) is 12.8. The van der Waals surface area contributed by atoms with Crippen molar-refractivity contribution in [3.63, 3.8) is 0 Å². The van der Waals surface area contributed by atoms with Crippen LogP contribution in [0.3, 0.4) is 0 Å². The summed E-state index contributed by atoms with van der Waals surface area (Å²) in [6.07, 6.45) is 8.83. The second-order valence-electron chi connectivity index (χ2n) is 5.36. The normalized spacial score (nSPS) is 18.0. The zero-order valence-corrected chi connectivity index (χ0v) is 10.9. The Bertz CT molecular complexity index is 390. The molecule has 2 nitrogen and oxygen atoms in total. The number of hydrogen-bond acceptors (Lipinski definition) is 2. The molecule has 0 unspecified atom stereocenters. The summed E-state index contributed by atoms with van der Waals surface area (Å²) in [4.78, 5) is 12.3. The highest BCUT2D eigenvalue weighted by atomic mass is 16.3. The van der Waals surface area contributed by atoms with Gasteiger partial charge in [-0.15, -0.1) is 0 Å². The predicted molar refractivity (Wildman–Crippen MR) is 72.6 cm³/mol. The average molecular weight is 246 g/mol. The van der Waals surface area contributed by atoms with Gasteiger partial charge in [-0.05, 0) is 30.5 Å². The molecule has 0 aromatic heterocycles. The topological polar surface area (TPSA) is 37.3 Å². The molecular formula is C16H22O2. The molecule has 0 aliphatic heterocycles. The molecule has 18 heavy (non-hydrogen) atoms. The molecule has 1 saturated carbocycles. The Hall–Kier alpha value is -1.31. The number of phenols is 1. The van der Waals surface area contributed by atoms with E-state index >= 15 is 0 Å². The molecule has 0 bridgehead atoms. The Morgan fingerprint density at radius 1 is 1.11 bits per heavy atom. The van der Waals surface area contributed by atoms with Crippen molar-refractivity contribution in [1.29, 1.82) is 0 Å². The van der Waals surface area contributed by atoms with E-state index in [2.05, 4.69) is 0 Å². The summed E-state index contributed by atoms with van der Waals surface area (Å²) in [5, 5.41) is 9.41. The van der Waals surface area contributed by atoms with E-state index in [0.29, 0.717) is 12.2 Å². The largest absolute Gasteiger partial charge is 0.508 e. The molecule has 1 N–H and O–H groups in total. The predicted octanol–water partition coefficient (Wildman–Crippen LogP) is 3.86. The summed E-state index contributed by atoms with van der Waals surface area (Å²) in [6.45, 7) is 0. The zero-order valence-electron chi connectivity index (χ0n) is 10.9. The van der Waals surface area contributed by atoms with Crippen LogP contribution in [0.1, 0.15) is 50.5 Å². The lowest BCUT2D eigenvalue weighted by Crippen LogP contribution is -2.18. The first-order valence-corrected chi connectivity index (χ1v) is 7.06. The van der Waals surface area contributed by atoms with E-state index in [1.165, 1.54) is 32.1 Å². The number of aromatic hydroxyl groups is 1. The van der Waals surface area contributed by atoms with Gasteiger partial charge in [0.1, 0.15) is 11.5 Å². The van der Waals surface area contributed by atoms with Crippen LogP contribution < -0.4 is 0 Å². The Morgan fingerprint density at radius 3 is 2.44 bits per heavy atom. The van der Waals surface area contributed by atoms with Crippen LogP contribution in [0.2, 0.25) is 0 Å². The minimum Gasteiger partial charge on any atom is -0.508 e. The molecule has 0 spiro atoms. The lowest BCUT2D eigenvalue weighted by Gasteiger charge is -2.18. The van der Waals surface area contributed by atoms with Gasteiger partial charge in [-0.3, -0.25) is 4.79 Å². The van der Waals surface area contributed by atoms with Gasteiger partial charge >= 0.3 is 0 Å². The maximum Gasteiger partial charge on any atom is 0.140 e. The van der Waals surface area contributed by atoms with Gasteiger partial charge < -0.3 is 5.11 Å². The summed E-state index contributed by atoms with van der Waals surface area (Å²) in [7, 11) is 0. The minimum absolute atomic E-state index is 0.243. The van der Waals surface area contributed by atoms with Gasteiger partial charge in [0.05, 0.1) is 0 Å². The van der Waals surface area contributed by atoms with E-state index in [1.807, 2.05) is 6.07 Å². The molecule has 1 aliphatic rings. The molecule has 1 fully saturated rings.